The van der Waals surface area contributed by atoms with Crippen LogP contribution in [0.2, 0.25) is 0 Å². The fraction of sp³-hybridized carbons (Fsp3) is 1.00. The highest BCUT2D eigenvalue weighted by molar-refractivity contribution is 8.13. The molecule has 0 spiro atoms. The van der Waals surface area contributed by atoms with E-state index in [2.05, 4.69) is 20.8 Å². The zero-order chi connectivity index (χ0) is 14.5. The molecule has 19 heavy (non-hydrogen) atoms. The first-order valence-electron chi connectivity index (χ1n) is 7.30. The Hall–Kier alpha value is 0.200. The number of hydrogen-bond acceptors (Lipinski definition) is 3. The van der Waals surface area contributed by atoms with Gasteiger partial charge in [-0.1, -0.05) is 20.8 Å². The Labute approximate surface area is 122 Å². The van der Waals surface area contributed by atoms with Crippen molar-refractivity contribution in [2.45, 2.75) is 59.0 Å². The summed E-state index contributed by atoms with van der Waals surface area (Å²) in [4.78, 5) is 0. The molecule has 3 atom stereocenters. The molecule has 0 aliphatic heterocycles. The lowest BCUT2D eigenvalue weighted by Crippen LogP contribution is -2.27. The Morgan fingerprint density at radius 1 is 1.16 bits per heavy atom. The van der Waals surface area contributed by atoms with E-state index < -0.39 is 9.05 Å². The molecule has 1 aliphatic carbocycles. The van der Waals surface area contributed by atoms with Crippen LogP contribution in [-0.2, 0) is 13.8 Å². The van der Waals surface area contributed by atoms with Gasteiger partial charge in [-0.3, -0.25) is 0 Å². The molecular weight excluding hydrogens is 284 g/mol. The molecule has 1 rings (SSSR count). The van der Waals surface area contributed by atoms with E-state index in [1.807, 2.05) is 0 Å². The summed E-state index contributed by atoms with van der Waals surface area (Å²) in [5, 5.41) is 0. The van der Waals surface area contributed by atoms with Gasteiger partial charge in [0, 0.05) is 17.3 Å². The van der Waals surface area contributed by atoms with Gasteiger partial charge in [-0.05, 0) is 49.9 Å². The summed E-state index contributed by atoms with van der Waals surface area (Å²) in [6.45, 7) is 7.37. The Morgan fingerprint density at radius 2 is 1.74 bits per heavy atom. The van der Waals surface area contributed by atoms with Crippen molar-refractivity contribution >= 4 is 19.7 Å². The van der Waals surface area contributed by atoms with E-state index in [-0.39, 0.29) is 5.75 Å². The fourth-order valence-electron chi connectivity index (χ4n) is 2.93. The number of hydrogen-bond donors (Lipinski definition) is 0. The molecule has 0 aromatic carbocycles. The summed E-state index contributed by atoms with van der Waals surface area (Å²) >= 11 is 0. The number of ether oxygens (including phenoxy) is 1. The molecule has 3 nitrogen and oxygen atoms in total. The van der Waals surface area contributed by atoms with Gasteiger partial charge in [0.15, 0.2) is 0 Å². The molecular formula is C14H27ClO3S. The average molecular weight is 311 g/mol. The van der Waals surface area contributed by atoms with E-state index in [9.17, 15) is 8.42 Å². The summed E-state index contributed by atoms with van der Waals surface area (Å²) in [6.07, 6.45) is 5.55. The largest absolute Gasteiger partial charge is 0.378 e. The second-order valence-corrected chi connectivity index (χ2v) is 9.23. The van der Waals surface area contributed by atoms with Gasteiger partial charge in [-0.2, -0.15) is 0 Å². The van der Waals surface area contributed by atoms with Gasteiger partial charge in [0.2, 0.25) is 9.05 Å². The van der Waals surface area contributed by atoms with Crippen LogP contribution in [0.4, 0.5) is 0 Å². The van der Waals surface area contributed by atoms with Crippen LogP contribution in [0.1, 0.15) is 52.9 Å². The Morgan fingerprint density at radius 3 is 2.26 bits per heavy atom. The van der Waals surface area contributed by atoms with E-state index in [1.54, 1.807) is 0 Å². The summed E-state index contributed by atoms with van der Waals surface area (Å²) in [5.41, 5.74) is 0. The number of rotatable bonds is 7. The molecule has 5 heteroatoms. The van der Waals surface area contributed by atoms with Crippen LogP contribution in [0.5, 0.6) is 0 Å². The Kier molecular flexibility index (Phi) is 7.12. The fourth-order valence-corrected chi connectivity index (χ4v) is 3.88. The van der Waals surface area contributed by atoms with Crippen LogP contribution in [0.15, 0.2) is 0 Å². The molecule has 0 bridgehead atoms. The summed E-state index contributed by atoms with van der Waals surface area (Å²) in [7, 11) is 1.86. The molecule has 0 N–H and O–H groups in total. The molecule has 0 aromatic heterocycles. The molecule has 3 unspecified atom stereocenters. The molecule has 1 aliphatic rings. The zero-order valence-corrected chi connectivity index (χ0v) is 13.8. The summed E-state index contributed by atoms with van der Waals surface area (Å²) in [6, 6.07) is 0. The van der Waals surface area contributed by atoms with E-state index in [4.69, 9.17) is 15.4 Å². The zero-order valence-electron chi connectivity index (χ0n) is 12.3. The van der Waals surface area contributed by atoms with Gasteiger partial charge in [0.05, 0.1) is 11.9 Å². The first kappa shape index (κ1) is 17.3. The predicted molar refractivity (Wildman–Crippen MR) is 80.0 cm³/mol. The maximum Gasteiger partial charge on any atom is 0.232 e. The van der Waals surface area contributed by atoms with Crippen molar-refractivity contribution in [2.24, 2.45) is 17.8 Å². The first-order valence-corrected chi connectivity index (χ1v) is 9.78. The second kappa shape index (κ2) is 7.84. The molecule has 1 saturated carbocycles. The van der Waals surface area contributed by atoms with Crippen LogP contribution < -0.4 is 0 Å². The highest BCUT2D eigenvalue weighted by Gasteiger charge is 2.24. The van der Waals surface area contributed by atoms with Crippen molar-refractivity contribution in [3.63, 3.8) is 0 Å². The molecule has 114 valence electrons. The van der Waals surface area contributed by atoms with Crippen LogP contribution >= 0.6 is 10.7 Å². The van der Waals surface area contributed by atoms with Crippen molar-refractivity contribution in [2.75, 3.05) is 12.4 Å². The quantitative estimate of drug-likeness (QED) is 0.672. The SMILES string of the molecule is CC(CCOC1CC(C)CC(C)C1)CCS(=O)(=O)Cl. The average Bonchev–Trinajstić information content (AvgIpc) is 2.24. The minimum absolute atomic E-state index is 0.0627. The van der Waals surface area contributed by atoms with Crippen LogP contribution in [0, 0.1) is 17.8 Å². The monoisotopic (exact) mass is 310 g/mol. The molecule has 0 heterocycles. The number of halogens is 1. The van der Waals surface area contributed by atoms with Crippen molar-refractivity contribution in [1.82, 2.24) is 0 Å². The van der Waals surface area contributed by atoms with Crippen LogP contribution in [0.25, 0.3) is 0 Å². The van der Waals surface area contributed by atoms with Crippen LogP contribution in [0.3, 0.4) is 0 Å². The highest BCUT2D eigenvalue weighted by atomic mass is 35.7. The molecule has 0 radical (unpaired) electrons. The molecule has 1 fully saturated rings. The van der Waals surface area contributed by atoms with E-state index in [0.29, 0.717) is 18.4 Å². The highest BCUT2D eigenvalue weighted by Crippen LogP contribution is 2.30. The molecule has 0 aromatic rings. The van der Waals surface area contributed by atoms with Gasteiger partial charge < -0.3 is 4.74 Å². The van der Waals surface area contributed by atoms with E-state index in [1.165, 1.54) is 6.42 Å². The Bertz CT molecular complexity index is 346. The summed E-state index contributed by atoms with van der Waals surface area (Å²) in [5.74, 6) is 1.92. The van der Waals surface area contributed by atoms with Gasteiger partial charge in [0.25, 0.3) is 0 Å². The predicted octanol–water partition coefficient (Wildman–Crippen LogP) is 3.81. The maximum atomic E-state index is 10.9. The summed E-state index contributed by atoms with van der Waals surface area (Å²) < 4.78 is 27.7. The lowest BCUT2D eigenvalue weighted by Gasteiger charge is -2.31. The Balaban J connectivity index is 2.15. The maximum absolute atomic E-state index is 10.9. The van der Waals surface area contributed by atoms with Crippen molar-refractivity contribution in [1.29, 1.82) is 0 Å². The lowest BCUT2D eigenvalue weighted by molar-refractivity contribution is -0.00393. The normalized spacial score (nSPS) is 30.2. The van der Waals surface area contributed by atoms with Gasteiger partial charge in [0.1, 0.15) is 0 Å². The second-order valence-electron chi connectivity index (χ2n) is 6.34. The van der Waals surface area contributed by atoms with E-state index in [0.717, 1.165) is 37.7 Å². The third-order valence-electron chi connectivity index (χ3n) is 3.95. The molecule has 0 amide bonds. The van der Waals surface area contributed by atoms with Crippen molar-refractivity contribution in [3.05, 3.63) is 0 Å². The van der Waals surface area contributed by atoms with Crippen molar-refractivity contribution in [3.8, 4) is 0 Å². The van der Waals surface area contributed by atoms with Gasteiger partial charge >= 0.3 is 0 Å². The third kappa shape index (κ3) is 8.16. The third-order valence-corrected chi connectivity index (χ3v) is 5.14. The van der Waals surface area contributed by atoms with E-state index >= 15 is 0 Å². The lowest BCUT2D eigenvalue weighted by atomic mass is 9.82. The van der Waals surface area contributed by atoms with Gasteiger partial charge in [-0.25, -0.2) is 8.42 Å². The minimum atomic E-state index is -3.35. The topological polar surface area (TPSA) is 43.4 Å². The smallest absolute Gasteiger partial charge is 0.232 e. The van der Waals surface area contributed by atoms with Gasteiger partial charge in [-0.15, -0.1) is 0 Å². The van der Waals surface area contributed by atoms with Crippen LogP contribution in [-0.4, -0.2) is 26.9 Å². The standard InChI is InChI=1S/C14H27ClO3S/c1-11(5-7-19(15,16)17)4-6-18-14-9-12(2)8-13(3)10-14/h11-14H,4-10H2,1-3H3. The minimum Gasteiger partial charge on any atom is -0.378 e. The van der Waals surface area contributed by atoms with Crippen molar-refractivity contribution < 1.29 is 13.2 Å². The molecule has 0 saturated heterocycles. The first-order chi connectivity index (χ1) is 8.76.